The Bertz CT molecular complexity index is 269. The number of carbonyl (C=O) groups is 3. The lowest BCUT2D eigenvalue weighted by atomic mass is 10.2. The van der Waals surface area contributed by atoms with Crippen LogP contribution in [0.1, 0.15) is 0 Å². The molecule has 5 heteroatoms. The molecule has 4 amide bonds. The molecule has 0 N–H and O–H groups in total. The van der Waals surface area contributed by atoms with E-state index >= 15 is 0 Å². The maximum Gasteiger partial charge on any atom is 0.333 e. The highest BCUT2D eigenvalue weighted by molar-refractivity contribution is 6.27. The van der Waals surface area contributed by atoms with Gasteiger partial charge in [-0.2, -0.15) is 0 Å². The Morgan fingerprint density at radius 2 is 1.33 bits per heavy atom. The van der Waals surface area contributed by atoms with Gasteiger partial charge in [0, 0.05) is 14.1 Å². The minimum absolute atomic E-state index is 0.431. The van der Waals surface area contributed by atoms with Gasteiger partial charge in [0.1, 0.15) is 5.57 Å². The van der Waals surface area contributed by atoms with E-state index in [1.807, 2.05) is 0 Å². The van der Waals surface area contributed by atoms with E-state index in [9.17, 15) is 14.4 Å². The van der Waals surface area contributed by atoms with Crippen LogP contribution in [0.3, 0.4) is 0 Å². The minimum Gasteiger partial charge on any atom is -0.268 e. The van der Waals surface area contributed by atoms with Crippen LogP contribution < -0.4 is 0 Å². The Kier molecular flexibility index (Phi) is 1.72. The van der Waals surface area contributed by atoms with Gasteiger partial charge in [-0.15, -0.1) is 0 Å². The fourth-order valence-electron chi connectivity index (χ4n) is 0.852. The molecule has 1 rings (SSSR count). The van der Waals surface area contributed by atoms with Gasteiger partial charge in [-0.3, -0.25) is 19.4 Å². The smallest absolute Gasteiger partial charge is 0.268 e. The van der Waals surface area contributed by atoms with Crippen LogP contribution in [0.25, 0.3) is 0 Å². The predicted octanol–water partition coefficient (Wildman–Crippen LogP) is -0.604. The molecule has 1 fully saturated rings. The van der Waals surface area contributed by atoms with E-state index in [4.69, 9.17) is 6.58 Å². The summed E-state index contributed by atoms with van der Waals surface area (Å²) < 4.78 is 0. The minimum atomic E-state index is -0.747. The average molecular weight is 167 g/mol. The highest BCUT2D eigenvalue weighted by atomic mass is 16.2. The van der Waals surface area contributed by atoms with E-state index in [0.29, 0.717) is 0 Å². The molecule has 12 heavy (non-hydrogen) atoms. The summed E-state index contributed by atoms with van der Waals surface area (Å²) in [4.78, 5) is 34.6. The fraction of sp³-hybridized carbons (Fsp3) is 0.286. The molecule has 0 unspecified atom stereocenters. The van der Waals surface area contributed by atoms with Gasteiger partial charge in [-0.05, 0) is 6.58 Å². The number of hydrogen-bond donors (Lipinski definition) is 0. The zero-order valence-electron chi connectivity index (χ0n) is 6.70. The molecule has 63 valence electrons. The van der Waals surface area contributed by atoms with Crippen LogP contribution in [0.15, 0.2) is 5.57 Å². The Morgan fingerprint density at radius 1 is 1.00 bits per heavy atom. The number of carbonyl (C=O) groups excluding carboxylic acids is 3. The quantitative estimate of drug-likeness (QED) is 0.357. The predicted molar refractivity (Wildman–Crippen MR) is 38.7 cm³/mol. The second-order valence-electron chi connectivity index (χ2n) is 2.42. The zero-order valence-corrected chi connectivity index (χ0v) is 6.70. The van der Waals surface area contributed by atoms with Crippen molar-refractivity contribution in [3.8, 4) is 0 Å². The van der Waals surface area contributed by atoms with E-state index in [1.165, 1.54) is 14.1 Å². The van der Waals surface area contributed by atoms with Crippen molar-refractivity contribution in [1.82, 2.24) is 9.80 Å². The molecule has 1 radical (unpaired) electrons. The van der Waals surface area contributed by atoms with Crippen molar-refractivity contribution >= 4 is 17.8 Å². The Balaban J connectivity index is 3.07. The largest absolute Gasteiger partial charge is 0.333 e. The average Bonchev–Trinajstić information content (AvgIpc) is 2.08. The molecule has 0 spiro atoms. The summed E-state index contributed by atoms with van der Waals surface area (Å²) in [6.07, 6.45) is 0. The molecule has 1 aliphatic heterocycles. The first-order valence-electron chi connectivity index (χ1n) is 3.19. The number of amides is 4. The molecule has 0 aromatic heterocycles. The van der Waals surface area contributed by atoms with Gasteiger partial charge in [0.05, 0.1) is 0 Å². The second-order valence-corrected chi connectivity index (χ2v) is 2.42. The highest BCUT2D eigenvalue weighted by Crippen LogP contribution is 2.11. The lowest BCUT2D eigenvalue weighted by Gasteiger charge is -2.27. The van der Waals surface area contributed by atoms with Gasteiger partial charge in [-0.1, -0.05) is 0 Å². The number of likely N-dealkylation sites (N-methyl/N-ethyl adjacent to an activating group) is 2. The number of hydrogen-bond acceptors (Lipinski definition) is 3. The van der Waals surface area contributed by atoms with Crippen LogP contribution in [0.5, 0.6) is 0 Å². The summed E-state index contributed by atoms with van der Waals surface area (Å²) in [6.45, 7) is 5.15. The summed E-state index contributed by atoms with van der Waals surface area (Å²) in [5.41, 5.74) is -0.431. The molecule has 1 aliphatic rings. The van der Waals surface area contributed by atoms with Crippen molar-refractivity contribution in [2.45, 2.75) is 0 Å². The molecule has 0 bridgehead atoms. The number of barbiturate groups is 1. The van der Waals surface area contributed by atoms with E-state index in [2.05, 4.69) is 0 Å². The van der Waals surface area contributed by atoms with Crippen molar-refractivity contribution in [1.29, 1.82) is 0 Å². The van der Waals surface area contributed by atoms with Crippen molar-refractivity contribution in [3.05, 3.63) is 12.2 Å². The Hall–Kier alpha value is -1.65. The fourth-order valence-corrected chi connectivity index (χ4v) is 0.852. The first kappa shape index (κ1) is 8.45. The van der Waals surface area contributed by atoms with E-state index in [-0.39, 0.29) is 0 Å². The lowest BCUT2D eigenvalue weighted by molar-refractivity contribution is -0.134. The van der Waals surface area contributed by atoms with Crippen LogP contribution in [0.2, 0.25) is 0 Å². The van der Waals surface area contributed by atoms with Crippen molar-refractivity contribution in [2.75, 3.05) is 14.1 Å². The van der Waals surface area contributed by atoms with Gasteiger partial charge < -0.3 is 0 Å². The van der Waals surface area contributed by atoms with E-state index < -0.39 is 23.4 Å². The second kappa shape index (κ2) is 2.44. The zero-order chi connectivity index (χ0) is 9.46. The molecular formula is C7H7N2O3. The third-order valence-electron chi connectivity index (χ3n) is 1.64. The molecule has 0 aromatic carbocycles. The maximum absolute atomic E-state index is 11.0. The maximum atomic E-state index is 11.0. The van der Waals surface area contributed by atoms with Crippen molar-refractivity contribution in [3.63, 3.8) is 0 Å². The standard InChI is InChI=1S/C7H7N2O3/c1-4-5(10)8(2)7(12)9(3)6(4)11/h1H,2-3H3. The van der Waals surface area contributed by atoms with Crippen LogP contribution in [0, 0.1) is 6.58 Å². The molecule has 0 aromatic rings. The Morgan fingerprint density at radius 3 is 1.67 bits per heavy atom. The van der Waals surface area contributed by atoms with Gasteiger partial charge in [-0.25, -0.2) is 4.79 Å². The first-order chi connectivity index (χ1) is 5.46. The van der Waals surface area contributed by atoms with Gasteiger partial charge in [0.25, 0.3) is 11.8 Å². The molecule has 1 saturated heterocycles. The Labute approximate surface area is 69.2 Å². The topological polar surface area (TPSA) is 57.7 Å². The number of urea groups is 1. The third-order valence-corrected chi connectivity index (χ3v) is 1.64. The summed E-state index contributed by atoms with van der Waals surface area (Å²) >= 11 is 0. The van der Waals surface area contributed by atoms with Gasteiger partial charge in [0.15, 0.2) is 0 Å². The lowest BCUT2D eigenvalue weighted by Crippen LogP contribution is -2.52. The van der Waals surface area contributed by atoms with Crippen molar-refractivity contribution < 1.29 is 14.4 Å². The van der Waals surface area contributed by atoms with E-state index in [1.54, 1.807) is 0 Å². The van der Waals surface area contributed by atoms with Gasteiger partial charge in [0.2, 0.25) is 0 Å². The van der Waals surface area contributed by atoms with Crippen molar-refractivity contribution in [2.24, 2.45) is 0 Å². The van der Waals surface area contributed by atoms with Crippen LogP contribution >= 0.6 is 0 Å². The molecule has 0 saturated carbocycles. The molecular weight excluding hydrogens is 160 g/mol. The summed E-state index contributed by atoms with van der Waals surface area (Å²) in [5, 5.41) is 0. The highest BCUT2D eigenvalue weighted by Gasteiger charge is 2.36. The molecule has 5 nitrogen and oxygen atoms in total. The SMILES string of the molecule is [CH]=C1C(=O)N(C)C(=O)N(C)C1=O. The van der Waals surface area contributed by atoms with Crippen LogP contribution in [-0.2, 0) is 9.59 Å². The number of nitrogens with zero attached hydrogens (tertiary/aromatic N) is 2. The number of imide groups is 2. The van der Waals surface area contributed by atoms with Crippen LogP contribution in [-0.4, -0.2) is 41.7 Å². The van der Waals surface area contributed by atoms with E-state index in [0.717, 1.165) is 9.80 Å². The van der Waals surface area contributed by atoms with Crippen LogP contribution in [0.4, 0.5) is 4.79 Å². The summed E-state index contributed by atoms with van der Waals surface area (Å²) in [5.74, 6) is -1.49. The summed E-state index contributed by atoms with van der Waals surface area (Å²) in [6, 6.07) is -0.667. The normalized spacial score (nSPS) is 19.2. The molecule has 1 heterocycles. The third kappa shape index (κ3) is 0.903. The number of rotatable bonds is 0. The summed E-state index contributed by atoms with van der Waals surface area (Å²) in [7, 11) is 2.53. The first-order valence-corrected chi connectivity index (χ1v) is 3.19. The molecule has 0 aliphatic carbocycles. The van der Waals surface area contributed by atoms with Gasteiger partial charge >= 0.3 is 6.03 Å². The molecule has 0 atom stereocenters. The monoisotopic (exact) mass is 167 g/mol.